The third-order valence-electron chi connectivity index (χ3n) is 3.49. The average Bonchev–Trinajstić information content (AvgIpc) is 2.91. The summed E-state index contributed by atoms with van der Waals surface area (Å²) < 4.78 is 5.23. The summed E-state index contributed by atoms with van der Waals surface area (Å²) in [5, 5.41) is 2.87. The highest BCUT2D eigenvalue weighted by molar-refractivity contribution is 5.91. The van der Waals surface area contributed by atoms with Crippen molar-refractivity contribution in [2.24, 2.45) is 5.73 Å². The number of rotatable bonds is 8. The van der Waals surface area contributed by atoms with Crippen LogP contribution in [0.5, 0.6) is 0 Å². The van der Waals surface area contributed by atoms with Crippen molar-refractivity contribution in [2.45, 2.75) is 59.2 Å². The third-order valence-corrected chi connectivity index (χ3v) is 3.49. The predicted octanol–water partition coefficient (Wildman–Crippen LogP) is 1.93. The molecule has 1 aromatic heterocycles. The van der Waals surface area contributed by atoms with Crippen LogP contribution in [0.1, 0.15) is 63.5 Å². The number of aromatic nitrogens is 1. The first-order valence-electron chi connectivity index (χ1n) is 7.61. The van der Waals surface area contributed by atoms with Gasteiger partial charge in [-0.25, -0.2) is 4.98 Å². The van der Waals surface area contributed by atoms with Crippen molar-refractivity contribution in [3.8, 4) is 0 Å². The van der Waals surface area contributed by atoms with Crippen molar-refractivity contribution in [1.82, 2.24) is 15.2 Å². The molecule has 1 unspecified atom stereocenters. The Bertz CT molecular complexity index is 435. The number of carbonyl (C=O) groups is 1. The molecule has 0 aromatic carbocycles. The lowest BCUT2D eigenvalue weighted by atomic mass is 10.2. The molecule has 120 valence electrons. The molecule has 0 bridgehead atoms. The SMILES string of the molecule is CCC(N)c1nc(C(=O)NCCN(C(C)C)C(C)C)co1. The first kappa shape index (κ1) is 17.7. The van der Waals surface area contributed by atoms with E-state index in [1.807, 2.05) is 6.92 Å². The van der Waals surface area contributed by atoms with Crippen LogP contribution in [0.15, 0.2) is 10.7 Å². The molecule has 1 heterocycles. The van der Waals surface area contributed by atoms with E-state index in [2.05, 4.69) is 42.9 Å². The zero-order valence-electron chi connectivity index (χ0n) is 13.7. The summed E-state index contributed by atoms with van der Waals surface area (Å²) in [6, 6.07) is 0.634. The van der Waals surface area contributed by atoms with Gasteiger partial charge in [-0.2, -0.15) is 0 Å². The van der Waals surface area contributed by atoms with E-state index in [1.165, 1.54) is 6.26 Å². The summed E-state index contributed by atoms with van der Waals surface area (Å²) in [5.74, 6) is 0.189. The van der Waals surface area contributed by atoms with E-state index < -0.39 is 0 Å². The summed E-state index contributed by atoms with van der Waals surface area (Å²) in [7, 11) is 0. The number of carbonyl (C=O) groups excluding carboxylic acids is 1. The molecule has 1 aromatic rings. The minimum absolute atomic E-state index is 0.222. The van der Waals surface area contributed by atoms with Crippen LogP contribution in [0.2, 0.25) is 0 Å². The highest BCUT2D eigenvalue weighted by Gasteiger charge is 2.17. The highest BCUT2D eigenvalue weighted by atomic mass is 16.3. The smallest absolute Gasteiger partial charge is 0.273 e. The fourth-order valence-electron chi connectivity index (χ4n) is 2.24. The first-order valence-corrected chi connectivity index (χ1v) is 7.61. The van der Waals surface area contributed by atoms with E-state index >= 15 is 0 Å². The third kappa shape index (κ3) is 5.13. The minimum atomic E-state index is -0.260. The van der Waals surface area contributed by atoms with E-state index in [-0.39, 0.29) is 17.6 Å². The van der Waals surface area contributed by atoms with Gasteiger partial charge < -0.3 is 15.5 Å². The maximum absolute atomic E-state index is 12.0. The summed E-state index contributed by atoms with van der Waals surface area (Å²) in [6.45, 7) is 11.9. The average molecular weight is 296 g/mol. The van der Waals surface area contributed by atoms with Gasteiger partial charge in [0.05, 0.1) is 6.04 Å². The van der Waals surface area contributed by atoms with Crippen molar-refractivity contribution in [3.63, 3.8) is 0 Å². The van der Waals surface area contributed by atoms with Gasteiger partial charge in [-0.15, -0.1) is 0 Å². The lowest BCUT2D eigenvalue weighted by molar-refractivity contribution is 0.0934. The topological polar surface area (TPSA) is 84.4 Å². The van der Waals surface area contributed by atoms with Gasteiger partial charge in [0.1, 0.15) is 6.26 Å². The molecule has 0 aliphatic carbocycles. The Balaban J connectivity index is 2.48. The van der Waals surface area contributed by atoms with Crippen molar-refractivity contribution < 1.29 is 9.21 Å². The molecule has 3 N–H and O–H groups in total. The molecular formula is C15H28N4O2. The van der Waals surface area contributed by atoms with Gasteiger partial charge in [-0.3, -0.25) is 9.69 Å². The molecule has 1 atom stereocenters. The van der Waals surface area contributed by atoms with Gasteiger partial charge in [0.25, 0.3) is 5.91 Å². The lowest BCUT2D eigenvalue weighted by Crippen LogP contribution is -2.42. The van der Waals surface area contributed by atoms with Crippen molar-refractivity contribution in [2.75, 3.05) is 13.1 Å². The number of amides is 1. The first-order chi connectivity index (χ1) is 9.86. The van der Waals surface area contributed by atoms with E-state index in [0.717, 1.165) is 13.0 Å². The maximum atomic E-state index is 12.0. The van der Waals surface area contributed by atoms with Crippen LogP contribution in [0.4, 0.5) is 0 Å². The molecule has 0 aliphatic rings. The zero-order valence-corrected chi connectivity index (χ0v) is 13.7. The number of nitrogens with one attached hydrogen (secondary N) is 1. The molecule has 0 saturated carbocycles. The second-order valence-corrected chi connectivity index (χ2v) is 5.77. The van der Waals surface area contributed by atoms with Gasteiger partial charge >= 0.3 is 0 Å². The number of hydrogen-bond acceptors (Lipinski definition) is 5. The summed E-state index contributed by atoms with van der Waals surface area (Å²) in [5.41, 5.74) is 6.11. The van der Waals surface area contributed by atoms with E-state index in [4.69, 9.17) is 10.2 Å². The number of hydrogen-bond donors (Lipinski definition) is 2. The fraction of sp³-hybridized carbons (Fsp3) is 0.733. The Morgan fingerprint density at radius 1 is 1.38 bits per heavy atom. The summed E-state index contributed by atoms with van der Waals surface area (Å²) >= 11 is 0. The van der Waals surface area contributed by atoms with Gasteiger partial charge in [0, 0.05) is 25.2 Å². The van der Waals surface area contributed by atoms with Crippen LogP contribution in [-0.4, -0.2) is 41.0 Å². The number of nitrogens with zero attached hydrogens (tertiary/aromatic N) is 2. The summed E-state index contributed by atoms with van der Waals surface area (Å²) in [6.07, 6.45) is 2.09. The molecule has 0 radical (unpaired) electrons. The van der Waals surface area contributed by atoms with Crippen molar-refractivity contribution >= 4 is 5.91 Å². The van der Waals surface area contributed by atoms with Crippen LogP contribution in [0.3, 0.4) is 0 Å². The Labute approximate surface area is 127 Å². The Morgan fingerprint density at radius 3 is 2.52 bits per heavy atom. The largest absolute Gasteiger partial charge is 0.446 e. The molecule has 0 saturated heterocycles. The standard InChI is InChI=1S/C15H28N4O2/c1-6-12(16)15-18-13(9-21-15)14(20)17-7-8-19(10(2)3)11(4)5/h9-12H,6-8,16H2,1-5H3,(H,17,20). The quantitative estimate of drug-likeness (QED) is 0.766. The van der Waals surface area contributed by atoms with Crippen LogP contribution < -0.4 is 11.1 Å². The monoisotopic (exact) mass is 296 g/mol. The van der Waals surface area contributed by atoms with E-state index in [1.54, 1.807) is 0 Å². The van der Waals surface area contributed by atoms with Crippen molar-refractivity contribution in [3.05, 3.63) is 17.8 Å². The Hall–Kier alpha value is -1.40. The Kier molecular flexibility index (Phi) is 6.84. The normalized spacial score (nSPS) is 13.2. The lowest BCUT2D eigenvalue weighted by Gasteiger charge is -2.30. The molecule has 1 amide bonds. The van der Waals surface area contributed by atoms with Gasteiger partial charge in [-0.05, 0) is 34.1 Å². The molecule has 6 nitrogen and oxygen atoms in total. The molecule has 0 aliphatic heterocycles. The Morgan fingerprint density at radius 2 is 2.00 bits per heavy atom. The van der Waals surface area contributed by atoms with E-state index in [9.17, 15) is 4.79 Å². The van der Waals surface area contributed by atoms with Crippen molar-refractivity contribution in [1.29, 1.82) is 0 Å². The van der Waals surface area contributed by atoms with Crippen LogP contribution >= 0.6 is 0 Å². The van der Waals surface area contributed by atoms with Crippen LogP contribution in [0.25, 0.3) is 0 Å². The number of nitrogens with two attached hydrogens (primary N) is 1. The summed E-state index contributed by atoms with van der Waals surface area (Å²) in [4.78, 5) is 18.4. The molecule has 1 rings (SSSR count). The molecule has 0 spiro atoms. The molecular weight excluding hydrogens is 268 g/mol. The molecule has 21 heavy (non-hydrogen) atoms. The van der Waals surface area contributed by atoms with Gasteiger partial charge in [0.2, 0.25) is 5.89 Å². The van der Waals surface area contributed by atoms with E-state index in [0.29, 0.717) is 24.5 Å². The van der Waals surface area contributed by atoms with Crippen LogP contribution in [-0.2, 0) is 0 Å². The maximum Gasteiger partial charge on any atom is 0.273 e. The molecule has 6 heteroatoms. The fourth-order valence-corrected chi connectivity index (χ4v) is 2.24. The van der Waals surface area contributed by atoms with Crippen LogP contribution in [0, 0.1) is 0 Å². The van der Waals surface area contributed by atoms with Gasteiger partial charge in [-0.1, -0.05) is 6.92 Å². The minimum Gasteiger partial charge on any atom is -0.446 e. The highest BCUT2D eigenvalue weighted by Crippen LogP contribution is 2.12. The van der Waals surface area contributed by atoms with Gasteiger partial charge in [0.15, 0.2) is 5.69 Å². The zero-order chi connectivity index (χ0) is 16.0. The second kappa shape index (κ2) is 8.14. The number of oxazole rings is 1. The second-order valence-electron chi connectivity index (χ2n) is 5.77. The predicted molar refractivity (Wildman–Crippen MR) is 83.0 cm³/mol. The molecule has 0 fully saturated rings.